The highest BCUT2D eigenvalue weighted by Gasteiger charge is 2.52. The molecule has 1 fully saturated rings. The molecule has 5 N–H and O–H groups in total. The van der Waals surface area contributed by atoms with Gasteiger partial charge >= 0.3 is 0 Å². The minimum absolute atomic E-state index is 0.163. The lowest BCUT2D eigenvalue weighted by Gasteiger charge is -2.39. The van der Waals surface area contributed by atoms with Crippen molar-refractivity contribution >= 4 is 11.8 Å². The number of aromatic nitrogens is 2. The zero-order valence-corrected chi connectivity index (χ0v) is 16.5. The maximum absolute atomic E-state index is 13.8. The number of hydrogen-bond acceptors (Lipinski definition) is 5. The number of carbonyl (C=O) groups excluding carboxylic acids is 2. The first-order valence-electron chi connectivity index (χ1n) is 9.86. The summed E-state index contributed by atoms with van der Waals surface area (Å²) in [6, 6.07) is 3.88. The molecule has 3 heterocycles. The summed E-state index contributed by atoms with van der Waals surface area (Å²) in [4.78, 5) is 41.8. The van der Waals surface area contributed by atoms with Crippen molar-refractivity contribution in [1.82, 2.24) is 9.55 Å². The number of halogens is 1. The lowest BCUT2D eigenvalue weighted by molar-refractivity contribution is -0.132. The van der Waals surface area contributed by atoms with E-state index >= 15 is 0 Å². The van der Waals surface area contributed by atoms with Crippen molar-refractivity contribution in [1.29, 1.82) is 0 Å². The number of benzene rings is 1. The normalized spacial score (nSPS) is 24.9. The summed E-state index contributed by atoms with van der Waals surface area (Å²) >= 11 is 0. The lowest BCUT2D eigenvalue weighted by atomic mass is 9.66. The highest BCUT2D eigenvalue weighted by atomic mass is 19.1. The van der Waals surface area contributed by atoms with Crippen molar-refractivity contribution in [2.45, 2.75) is 51.0 Å². The van der Waals surface area contributed by atoms with Crippen LogP contribution in [0.2, 0.25) is 0 Å². The Morgan fingerprint density at radius 1 is 1.30 bits per heavy atom. The molecule has 2 aliphatic heterocycles. The molecule has 1 unspecified atom stereocenters. The van der Waals surface area contributed by atoms with E-state index in [0.29, 0.717) is 37.1 Å². The van der Waals surface area contributed by atoms with Crippen LogP contribution in [0.15, 0.2) is 23.0 Å². The zero-order chi connectivity index (χ0) is 21.8. The average molecular weight is 414 g/mol. The van der Waals surface area contributed by atoms with Crippen LogP contribution in [-0.4, -0.2) is 26.5 Å². The van der Waals surface area contributed by atoms with Gasteiger partial charge in [-0.1, -0.05) is 12.1 Å². The number of nitrogens with zero attached hydrogens (tertiary/aromatic N) is 2. The van der Waals surface area contributed by atoms with Crippen LogP contribution in [0.5, 0.6) is 5.75 Å². The molecule has 5 rings (SSSR count). The highest BCUT2D eigenvalue weighted by molar-refractivity contribution is 5.93. The number of aromatic hydroxyl groups is 1. The second-order valence-corrected chi connectivity index (χ2v) is 8.30. The number of amides is 2. The Balaban J connectivity index is 1.97. The summed E-state index contributed by atoms with van der Waals surface area (Å²) in [6.45, 7) is 1.63. The molecule has 3 aliphatic rings. The van der Waals surface area contributed by atoms with Crippen molar-refractivity contribution in [2.75, 3.05) is 0 Å². The van der Waals surface area contributed by atoms with Crippen molar-refractivity contribution in [2.24, 2.45) is 16.9 Å². The van der Waals surface area contributed by atoms with Crippen LogP contribution in [0.4, 0.5) is 4.39 Å². The Labute approximate surface area is 171 Å². The smallest absolute Gasteiger partial charge is 0.296 e. The lowest BCUT2D eigenvalue weighted by Crippen LogP contribution is -2.47. The van der Waals surface area contributed by atoms with E-state index < -0.39 is 40.3 Å². The predicted octanol–water partition coefficient (Wildman–Crippen LogP) is 1.42. The van der Waals surface area contributed by atoms with Crippen LogP contribution in [0.25, 0.3) is 0 Å². The minimum atomic E-state index is -1.02. The fourth-order valence-electron chi connectivity index (χ4n) is 5.03. The zero-order valence-electron chi connectivity index (χ0n) is 16.5. The number of nitrogens with two attached hydrogens (primary N) is 2. The van der Waals surface area contributed by atoms with Gasteiger partial charge in [0.2, 0.25) is 11.7 Å². The molecular weight excluding hydrogens is 391 g/mol. The van der Waals surface area contributed by atoms with Crippen molar-refractivity contribution in [3.63, 3.8) is 0 Å². The van der Waals surface area contributed by atoms with Crippen molar-refractivity contribution < 1.29 is 19.1 Å². The summed E-state index contributed by atoms with van der Waals surface area (Å²) in [5, 5.41) is 10.3. The van der Waals surface area contributed by atoms with Gasteiger partial charge in [-0.2, -0.15) is 0 Å². The predicted molar refractivity (Wildman–Crippen MR) is 105 cm³/mol. The van der Waals surface area contributed by atoms with Crippen molar-refractivity contribution in [3.8, 4) is 5.75 Å². The van der Waals surface area contributed by atoms with Gasteiger partial charge in [0.1, 0.15) is 11.6 Å². The number of rotatable bonds is 4. The van der Waals surface area contributed by atoms with Crippen LogP contribution >= 0.6 is 0 Å². The van der Waals surface area contributed by atoms with E-state index in [9.17, 15) is 23.9 Å². The standard InChI is InChI=1S/C21H23FN4O4/c1-10-8-11(2-3-13(10)22)9-14-21(20(24)30)6-4-12(5-7-21)18-25-15(17(23)28)16(27)19(29)26(14)18/h2-3,8,12,14,27H,4-7,9H2,1H3,(H2,23,28)(H2,24,30). The molecule has 9 heteroatoms. The Morgan fingerprint density at radius 3 is 2.53 bits per heavy atom. The third-order valence-corrected chi connectivity index (χ3v) is 6.69. The first-order valence-corrected chi connectivity index (χ1v) is 9.86. The maximum Gasteiger partial charge on any atom is 0.296 e. The summed E-state index contributed by atoms with van der Waals surface area (Å²) in [5.41, 5.74) is 10.0. The molecule has 8 nitrogen and oxygen atoms in total. The summed E-state index contributed by atoms with van der Waals surface area (Å²) < 4.78 is 15.1. The Kier molecular flexibility index (Phi) is 4.63. The highest BCUT2D eigenvalue weighted by Crippen LogP contribution is 2.53. The van der Waals surface area contributed by atoms with Gasteiger partial charge in [0.15, 0.2) is 5.69 Å². The molecular formula is C21H23FN4O4. The van der Waals surface area contributed by atoms with E-state index in [2.05, 4.69) is 4.98 Å². The Morgan fingerprint density at radius 2 is 1.97 bits per heavy atom. The van der Waals surface area contributed by atoms with Gasteiger partial charge in [-0.3, -0.25) is 19.0 Å². The Bertz CT molecular complexity index is 1120. The van der Waals surface area contributed by atoms with E-state index in [1.54, 1.807) is 19.1 Å². The number of hydrogen-bond donors (Lipinski definition) is 3. The van der Waals surface area contributed by atoms with Gasteiger partial charge < -0.3 is 16.6 Å². The number of fused-ring (bicyclic) bond motifs is 2. The van der Waals surface area contributed by atoms with E-state index in [1.165, 1.54) is 10.6 Å². The molecule has 1 saturated carbocycles. The third kappa shape index (κ3) is 2.88. The second kappa shape index (κ2) is 6.93. The molecule has 1 aromatic heterocycles. The summed E-state index contributed by atoms with van der Waals surface area (Å²) in [6.07, 6.45) is 2.26. The summed E-state index contributed by atoms with van der Waals surface area (Å²) in [7, 11) is 0. The first kappa shape index (κ1) is 20.1. The average Bonchev–Trinajstić information content (AvgIpc) is 2.91. The van der Waals surface area contributed by atoms with E-state index in [4.69, 9.17) is 11.5 Å². The van der Waals surface area contributed by atoms with Crippen LogP contribution in [0, 0.1) is 18.2 Å². The van der Waals surface area contributed by atoms with Gasteiger partial charge in [0, 0.05) is 5.92 Å². The molecule has 2 aromatic rings. The number of aryl methyl sites for hydroxylation is 1. The quantitative estimate of drug-likeness (QED) is 0.694. The molecule has 2 amide bonds. The fourth-order valence-corrected chi connectivity index (χ4v) is 5.03. The number of carbonyl (C=O) groups is 2. The first-order chi connectivity index (χ1) is 14.2. The van der Waals surface area contributed by atoms with Crippen LogP contribution in [0.3, 0.4) is 0 Å². The molecule has 158 valence electrons. The molecule has 0 radical (unpaired) electrons. The maximum atomic E-state index is 13.8. The Hall–Kier alpha value is -3.23. The van der Waals surface area contributed by atoms with Gasteiger partial charge in [-0.25, -0.2) is 9.37 Å². The molecule has 1 atom stereocenters. The van der Waals surface area contributed by atoms with Gasteiger partial charge in [0.25, 0.3) is 11.5 Å². The monoisotopic (exact) mass is 414 g/mol. The van der Waals surface area contributed by atoms with Crippen LogP contribution in [0.1, 0.15) is 65.1 Å². The van der Waals surface area contributed by atoms with Crippen LogP contribution in [-0.2, 0) is 11.2 Å². The van der Waals surface area contributed by atoms with E-state index in [0.717, 1.165) is 5.56 Å². The molecule has 30 heavy (non-hydrogen) atoms. The molecule has 1 aliphatic carbocycles. The molecule has 0 saturated heterocycles. The van der Waals surface area contributed by atoms with Gasteiger partial charge in [-0.05, 0) is 56.2 Å². The van der Waals surface area contributed by atoms with Crippen LogP contribution < -0.4 is 17.0 Å². The molecule has 0 spiro atoms. The van der Waals surface area contributed by atoms with E-state index in [1.807, 2.05) is 0 Å². The largest absolute Gasteiger partial charge is 0.501 e. The fraction of sp³-hybridized carbons (Fsp3) is 0.429. The SMILES string of the molecule is Cc1cc(CC2n3c(nc(C(N)=O)c(O)c3=O)C3CCC2(C(N)=O)CC3)ccc1F. The molecule has 1 aromatic carbocycles. The minimum Gasteiger partial charge on any atom is -0.501 e. The molecule has 2 bridgehead atoms. The topological polar surface area (TPSA) is 141 Å². The van der Waals surface area contributed by atoms with Gasteiger partial charge in [-0.15, -0.1) is 0 Å². The second-order valence-electron chi connectivity index (χ2n) is 8.30. The van der Waals surface area contributed by atoms with Crippen molar-refractivity contribution in [3.05, 3.63) is 57.0 Å². The third-order valence-electron chi connectivity index (χ3n) is 6.69. The van der Waals surface area contributed by atoms with Gasteiger partial charge in [0.05, 0.1) is 11.5 Å². The number of primary amides is 2. The summed E-state index contributed by atoms with van der Waals surface area (Å²) in [5.74, 6) is -2.55. The van der Waals surface area contributed by atoms with E-state index in [-0.39, 0.29) is 18.2 Å².